The monoisotopic (exact) mass is 470 g/mol. The zero-order chi connectivity index (χ0) is 23.8. The molecule has 2 aliphatic rings. The van der Waals surface area contributed by atoms with Crippen molar-refractivity contribution in [2.75, 3.05) is 18.0 Å². The maximum absolute atomic E-state index is 14.9. The first-order chi connectivity index (χ1) is 15.6. The molecule has 1 aliphatic heterocycles. The molecule has 0 spiro atoms. The third kappa shape index (κ3) is 5.36. The van der Waals surface area contributed by atoms with Crippen LogP contribution in [0.1, 0.15) is 44.1 Å². The van der Waals surface area contributed by atoms with Crippen molar-refractivity contribution in [1.29, 1.82) is 0 Å². The number of carbonyl (C=O) groups is 1. The molecule has 2 heterocycles. The topological polar surface area (TPSA) is 62.7 Å². The van der Waals surface area contributed by atoms with E-state index >= 15 is 0 Å². The summed E-state index contributed by atoms with van der Waals surface area (Å²) in [7, 11) is 0. The minimum absolute atomic E-state index is 0.00419. The second-order valence-electron chi connectivity index (χ2n) is 8.56. The molecule has 10 heteroatoms. The van der Waals surface area contributed by atoms with Crippen molar-refractivity contribution in [3.63, 3.8) is 0 Å². The average Bonchev–Trinajstić information content (AvgIpc) is 2.70. The molecule has 1 aromatic heterocycles. The third-order valence-corrected chi connectivity index (χ3v) is 6.18. The summed E-state index contributed by atoms with van der Waals surface area (Å²) in [5.41, 5.74) is -1.64. The maximum atomic E-state index is 14.9. The number of alkyl halides is 3. The molecule has 0 atom stereocenters. The van der Waals surface area contributed by atoms with Gasteiger partial charge in [-0.3, -0.25) is 4.79 Å². The van der Waals surface area contributed by atoms with E-state index in [4.69, 9.17) is 9.84 Å². The number of rotatable bonds is 6. The lowest BCUT2D eigenvalue weighted by Gasteiger charge is -2.33. The van der Waals surface area contributed by atoms with Crippen LogP contribution in [-0.4, -0.2) is 35.3 Å². The summed E-state index contributed by atoms with van der Waals surface area (Å²) >= 11 is 0. The summed E-state index contributed by atoms with van der Waals surface area (Å²) < 4.78 is 75.6. The molecule has 1 N–H and O–H groups in total. The minimum Gasteiger partial charge on any atom is -0.481 e. The van der Waals surface area contributed by atoms with Crippen LogP contribution in [0.3, 0.4) is 0 Å². The van der Waals surface area contributed by atoms with E-state index in [1.807, 2.05) is 0 Å². The number of anilines is 1. The van der Waals surface area contributed by atoms with Gasteiger partial charge in [0.05, 0.1) is 11.3 Å². The molecule has 0 amide bonds. The van der Waals surface area contributed by atoms with E-state index < -0.39 is 29.3 Å². The largest absolute Gasteiger partial charge is 0.481 e. The number of halogens is 5. The first-order valence-electron chi connectivity index (χ1n) is 10.8. The van der Waals surface area contributed by atoms with E-state index in [1.54, 1.807) is 0 Å². The van der Waals surface area contributed by atoms with Crippen LogP contribution in [-0.2, 0) is 11.0 Å². The Bertz CT molecular complexity index is 1010. The van der Waals surface area contributed by atoms with Gasteiger partial charge in [0.15, 0.2) is 0 Å². The van der Waals surface area contributed by atoms with Gasteiger partial charge >= 0.3 is 12.1 Å². The van der Waals surface area contributed by atoms with Crippen molar-refractivity contribution in [2.45, 2.75) is 50.8 Å². The zero-order valence-electron chi connectivity index (χ0n) is 17.7. The van der Waals surface area contributed by atoms with Gasteiger partial charge in [-0.25, -0.2) is 13.8 Å². The van der Waals surface area contributed by atoms with Gasteiger partial charge in [0.1, 0.15) is 23.4 Å². The molecule has 2 fully saturated rings. The number of nitrogens with zero attached hydrogens (tertiary/aromatic N) is 2. The van der Waals surface area contributed by atoms with Crippen molar-refractivity contribution < 1.29 is 36.6 Å². The molecule has 1 saturated carbocycles. The Morgan fingerprint density at radius 1 is 1.06 bits per heavy atom. The predicted molar refractivity (Wildman–Crippen MR) is 110 cm³/mol. The van der Waals surface area contributed by atoms with Crippen LogP contribution in [0.5, 0.6) is 5.88 Å². The number of pyridine rings is 1. The first-order valence-corrected chi connectivity index (χ1v) is 10.8. The molecule has 0 unspecified atom stereocenters. The molecule has 33 heavy (non-hydrogen) atoms. The van der Waals surface area contributed by atoms with Gasteiger partial charge in [-0.15, -0.1) is 0 Å². The van der Waals surface area contributed by atoms with E-state index in [9.17, 15) is 26.7 Å². The zero-order valence-corrected chi connectivity index (χ0v) is 17.7. The molecule has 1 aromatic carbocycles. The molecule has 2 aromatic rings. The van der Waals surface area contributed by atoms with Crippen molar-refractivity contribution in [1.82, 2.24) is 4.98 Å². The lowest BCUT2D eigenvalue weighted by atomic mass is 9.93. The van der Waals surface area contributed by atoms with Crippen LogP contribution in [0.2, 0.25) is 0 Å². The minimum atomic E-state index is -4.67. The molecular formula is C23H23F5N2O3. The number of hydrogen-bond acceptors (Lipinski definition) is 4. The normalized spacial score (nSPS) is 17.7. The predicted octanol–water partition coefficient (Wildman–Crippen LogP) is 5.67. The Kier molecular flexibility index (Phi) is 6.45. The van der Waals surface area contributed by atoms with Gasteiger partial charge in [0, 0.05) is 31.1 Å². The number of aromatic nitrogens is 1. The highest BCUT2D eigenvalue weighted by molar-refractivity contribution is 5.67. The second kappa shape index (κ2) is 9.15. The fourth-order valence-corrected chi connectivity index (χ4v) is 4.16. The third-order valence-electron chi connectivity index (χ3n) is 6.18. The number of benzene rings is 1. The fourth-order valence-electron chi connectivity index (χ4n) is 4.16. The molecule has 1 saturated heterocycles. The van der Waals surface area contributed by atoms with Crippen LogP contribution in [0, 0.1) is 17.6 Å². The molecule has 0 bridgehead atoms. The summed E-state index contributed by atoms with van der Waals surface area (Å²) in [5.74, 6) is -3.03. The van der Waals surface area contributed by atoms with Crippen molar-refractivity contribution in [2.24, 2.45) is 5.92 Å². The highest BCUT2D eigenvalue weighted by atomic mass is 19.4. The standard InChI is InChI=1S/C23H23F5N2O3/c24-17-9-14(10-18(25)22(17)30-6-4-13(5-7-30)8-21(31)32)19-11-15(23(26,27)28)12-20(29-19)33-16-2-1-3-16/h9-13,16H,1-8H2,(H,31,32). The Morgan fingerprint density at radius 2 is 1.70 bits per heavy atom. The molecule has 1 aliphatic carbocycles. The van der Waals surface area contributed by atoms with E-state index in [-0.39, 0.29) is 54.4 Å². The van der Waals surface area contributed by atoms with Crippen LogP contribution >= 0.6 is 0 Å². The van der Waals surface area contributed by atoms with Gasteiger partial charge in [-0.2, -0.15) is 13.2 Å². The average molecular weight is 470 g/mol. The smallest absolute Gasteiger partial charge is 0.416 e. The highest BCUT2D eigenvalue weighted by Crippen LogP contribution is 2.37. The Balaban J connectivity index is 1.61. The number of ether oxygens (including phenoxy) is 1. The lowest BCUT2D eigenvalue weighted by Crippen LogP contribution is -2.35. The summed E-state index contributed by atoms with van der Waals surface area (Å²) in [6.07, 6.45) is -1.58. The van der Waals surface area contributed by atoms with E-state index in [0.29, 0.717) is 25.7 Å². The number of piperidine rings is 1. The van der Waals surface area contributed by atoms with Gasteiger partial charge in [-0.1, -0.05) is 0 Å². The fraction of sp³-hybridized carbons (Fsp3) is 0.478. The van der Waals surface area contributed by atoms with Crippen LogP contribution in [0.25, 0.3) is 11.3 Å². The van der Waals surface area contributed by atoms with Crippen molar-refractivity contribution >= 4 is 11.7 Å². The summed E-state index contributed by atoms with van der Waals surface area (Å²) in [5, 5.41) is 8.91. The molecule has 0 radical (unpaired) electrons. The molecule has 5 nitrogen and oxygen atoms in total. The van der Waals surface area contributed by atoms with Crippen LogP contribution in [0.4, 0.5) is 27.6 Å². The molecule has 4 rings (SSSR count). The maximum Gasteiger partial charge on any atom is 0.416 e. The van der Waals surface area contributed by atoms with Crippen molar-refractivity contribution in [3.05, 3.63) is 41.5 Å². The first kappa shape index (κ1) is 23.3. The summed E-state index contributed by atoms with van der Waals surface area (Å²) in [6.45, 7) is 0.568. The Hall–Kier alpha value is -2.91. The summed E-state index contributed by atoms with van der Waals surface area (Å²) in [6, 6.07) is 3.48. The molecule has 178 valence electrons. The Morgan fingerprint density at radius 3 is 2.21 bits per heavy atom. The van der Waals surface area contributed by atoms with E-state index in [0.717, 1.165) is 30.7 Å². The second-order valence-corrected chi connectivity index (χ2v) is 8.56. The van der Waals surface area contributed by atoms with Crippen molar-refractivity contribution in [3.8, 4) is 17.1 Å². The van der Waals surface area contributed by atoms with Gasteiger partial charge < -0.3 is 14.7 Å². The van der Waals surface area contributed by atoms with E-state index in [2.05, 4.69) is 4.98 Å². The quantitative estimate of drug-likeness (QED) is 0.552. The number of carboxylic acid groups (broad SMARTS) is 1. The number of hydrogen-bond donors (Lipinski definition) is 1. The van der Waals surface area contributed by atoms with Gasteiger partial charge in [0.25, 0.3) is 0 Å². The van der Waals surface area contributed by atoms with Gasteiger partial charge in [-0.05, 0) is 56.2 Å². The Labute approximate surface area is 187 Å². The number of carboxylic acids is 1. The van der Waals surface area contributed by atoms with Crippen LogP contribution in [0.15, 0.2) is 24.3 Å². The summed E-state index contributed by atoms with van der Waals surface area (Å²) in [4.78, 5) is 16.4. The highest BCUT2D eigenvalue weighted by Gasteiger charge is 2.33. The van der Waals surface area contributed by atoms with E-state index in [1.165, 1.54) is 4.90 Å². The lowest BCUT2D eigenvalue weighted by molar-refractivity contribution is -0.139. The van der Waals surface area contributed by atoms with Crippen LogP contribution < -0.4 is 9.64 Å². The van der Waals surface area contributed by atoms with Gasteiger partial charge in [0.2, 0.25) is 5.88 Å². The molecular weight excluding hydrogens is 447 g/mol. The number of aliphatic carboxylic acids is 1. The SMILES string of the molecule is O=C(O)CC1CCN(c2c(F)cc(-c3cc(C(F)(F)F)cc(OC4CCC4)n3)cc2F)CC1.